The molecule has 0 aromatic heterocycles. The van der Waals surface area contributed by atoms with Gasteiger partial charge in [-0.25, -0.2) is 0 Å². The average Bonchev–Trinajstić information content (AvgIpc) is 2.25. The molecule has 6 N–H and O–H groups in total. The third-order valence-electron chi connectivity index (χ3n) is 2.02. The molecule has 0 aliphatic rings. The molecule has 15 heavy (non-hydrogen) atoms. The fraction of sp³-hybridized carbons (Fsp3) is 0.667. The minimum atomic E-state index is -1.65. The first-order valence-corrected chi connectivity index (χ1v) is 4.50. The van der Waals surface area contributed by atoms with Gasteiger partial charge in [-0.15, -0.1) is 6.58 Å². The van der Waals surface area contributed by atoms with E-state index in [1.54, 1.807) is 0 Å². The molecule has 0 radical (unpaired) electrons. The van der Waals surface area contributed by atoms with Gasteiger partial charge in [0, 0.05) is 6.42 Å². The third kappa shape index (κ3) is 4.06. The second kappa shape index (κ2) is 6.65. The SMILES string of the molecule is C=CCC(=O)[C@H](N)[C@@H](O)[C@H](O)[C@H](O)CO. The zero-order valence-corrected chi connectivity index (χ0v) is 8.28. The van der Waals surface area contributed by atoms with Gasteiger partial charge in [0.25, 0.3) is 0 Å². The van der Waals surface area contributed by atoms with Gasteiger partial charge < -0.3 is 26.2 Å². The number of Topliss-reactive ketones (excluding diaryl/α,β-unsaturated/α-hetero) is 1. The summed E-state index contributed by atoms with van der Waals surface area (Å²) in [6.07, 6.45) is -3.50. The van der Waals surface area contributed by atoms with Crippen molar-refractivity contribution in [2.45, 2.75) is 30.8 Å². The van der Waals surface area contributed by atoms with Gasteiger partial charge in [0.2, 0.25) is 0 Å². The van der Waals surface area contributed by atoms with Gasteiger partial charge in [-0.05, 0) is 0 Å². The van der Waals surface area contributed by atoms with E-state index in [4.69, 9.17) is 15.9 Å². The van der Waals surface area contributed by atoms with E-state index in [1.807, 2.05) is 0 Å². The van der Waals surface area contributed by atoms with E-state index in [1.165, 1.54) is 6.08 Å². The van der Waals surface area contributed by atoms with Crippen molar-refractivity contribution < 1.29 is 25.2 Å². The molecule has 0 spiro atoms. The predicted molar refractivity (Wildman–Crippen MR) is 52.9 cm³/mol. The van der Waals surface area contributed by atoms with Gasteiger partial charge in [0.05, 0.1) is 12.6 Å². The summed E-state index contributed by atoms with van der Waals surface area (Å²) in [4.78, 5) is 11.2. The van der Waals surface area contributed by atoms with Crippen LogP contribution in [0.25, 0.3) is 0 Å². The van der Waals surface area contributed by atoms with Gasteiger partial charge in [0.1, 0.15) is 18.3 Å². The lowest BCUT2D eigenvalue weighted by Crippen LogP contribution is -2.52. The number of aliphatic hydroxyl groups is 4. The molecule has 0 aliphatic carbocycles. The first kappa shape index (κ1) is 14.2. The molecule has 0 amide bonds. The Labute approximate surface area is 87.6 Å². The van der Waals surface area contributed by atoms with Crippen LogP contribution in [0.2, 0.25) is 0 Å². The fourth-order valence-electron chi connectivity index (χ4n) is 1.02. The van der Waals surface area contributed by atoms with E-state index >= 15 is 0 Å². The standard InChI is InChI=1S/C9H17NO5/c1-2-3-5(12)7(10)9(15)8(14)6(13)4-11/h2,6-9,11,13-15H,1,3-4,10H2/t6-,7+,8-,9-/m1/s1. The summed E-state index contributed by atoms with van der Waals surface area (Å²) in [5.74, 6) is -0.498. The normalized spacial score (nSPS) is 19.0. The maximum Gasteiger partial charge on any atom is 0.156 e. The van der Waals surface area contributed by atoms with Crippen LogP contribution in [0.15, 0.2) is 12.7 Å². The number of rotatable bonds is 7. The Hall–Kier alpha value is -0.790. The summed E-state index contributed by atoms with van der Waals surface area (Å²) >= 11 is 0. The van der Waals surface area contributed by atoms with Crippen molar-refractivity contribution in [2.75, 3.05) is 6.61 Å². The zero-order valence-electron chi connectivity index (χ0n) is 8.28. The number of hydrogen-bond acceptors (Lipinski definition) is 6. The van der Waals surface area contributed by atoms with E-state index in [9.17, 15) is 15.0 Å². The molecule has 4 atom stereocenters. The summed E-state index contributed by atoms with van der Waals surface area (Å²) in [6, 6.07) is -1.31. The van der Waals surface area contributed by atoms with Gasteiger partial charge in [-0.3, -0.25) is 4.79 Å². The highest BCUT2D eigenvalue weighted by atomic mass is 16.4. The molecule has 0 bridgehead atoms. The Balaban J connectivity index is 4.35. The summed E-state index contributed by atoms with van der Waals surface area (Å²) in [7, 11) is 0. The van der Waals surface area contributed by atoms with Crippen LogP contribution < -0.4 is 5.73 Å². The molecule has 88 valence electrons. The van der Waals surface area contributed by atoms with E-state index in [0.29, 0.717) is 0 Å². The van der Waals surface area contributed by atoms with Gasteiger partial charge >= 0.3 is 0 Å². The number of carbonyl (C=O) groups is 1. The zero-order chi connectivity index (χ0) is 12.0. The number of carbonyl (C=O) groups excluding carboxylic acids is 1. The number of hydrogen-bond donors (Lipinski definition) is 5. The van der Waals surface area contributed by atoms with Crippen molar-refractivity contribution in [3.8, 4) is 0 Å². The summed E-state index contributed by atoms with van der Waals surface area (Å²) in [5.41, 5.74) is 5.34. The molecule has 0 aliphatic heterocycles. The highest BCUT2D eigenvalue weighted by Gasteiger charge is 2.32. The Morgan fingerprint density at radius 3 is 2.27 bits per heavy atom. The molecule has 6 heteroatoms. The molecular weight excluding hydrogens is 202 g/mol. The molecule has 0 saturated carbocycles. The molecular formula is C9H17NO5. The van der Waals surface area contributed by atoms with Gasteiger partial charge in [-0.1, -0.05) is 6.08 Å². The lowest BCUT2D eigenvalue weighted by atomic mass is 9.97. The smallest absolute Gasteiger partial charge is 0.156 e. The van der Waals surface area contributed by atoms with Crippen LogP contribution in [0.1, 0.15) is 6.42 Å². The highest BCUT2D eigenvalue weighted by molar-refractivity contribution is 5.85. The third-order valence-corrected chi connectivity index (χ3v) is 2.02. The van der Waals surface area contributed by atoms with Crippen LogP contribution in [-0.4, -0.2) is 57.2 Å². The average molecular weight is 219 g/mol. The van der Waals surface area contributed by atoms with Crippen LogP contribution in [-0.2, 0) is 4.79 Å². The van der Waals surface area contributed by atoms with Gasteiger partial charge in [-0.2, -0.15) is 0 Å². The van der Waals surface area contributed by atoms with Crippen molar-refractivity contribution in [3.63, 3.8) is 0 Å². The van der Waals surface area contributed by atoms with Crippen molar-refractivity contribution in [3.05, 3.63) is 12.7 Å². The van der Waals surface area contributed by atoms with Gasteiger partial charge in [0.15, 0.2) is 5.78 Å². The van der Waals surface area contributed by atoms with Crippen LogP contribution in [0.4, 0.5) is 0 Å². The molecule has 0 saturated heterocycles. The van der Waals surface area contributed by atoms with Crippen LogP contribution in [0, 0.1) is 0 Å². The largest absolute Gasteiger partial charge is 0.394 e. The van der Waals surface area contributed by atoms with E-state index < -0.39 is 36.7 Å². The lowest BCUT2D eigenvalue weighted by molar-refractivity contribution is -0.128. The number of ketones is 1. The highest BCUT2D eigenvalue weighted by Crippen LogP contribution is 2.05. The Kier molecular flexibility index (Phi) is 6.30. The molecule has 0 aromatic carbocycles. The van der Waals surface area contributed by atoms with Crippen molar-refractivity contribution in [1.82, 2.24) is 0 Å². The quantitative estimate of drug-likeness (QED) is 0.302. The molecule has 0 aromatic rings. The van der Waals surface area contributed by atoms with E-state index in [-0.39, 0.29) is 6.42 Å². The Bertz CT molecular complexity index is 221. The first-order valence-electron chi connectivity index (χ1n) is 4.50. The first-order chi connectivity index (χ1) is 6.95. The van der Waals surface area contributed by atoms with E-state index in [0.717, 1.165) is 0 Å². The van der Waals surface area contributed by atoms with Crippen molar-refractivity contribution in [2.24, 2.45) is 5.73 Å². The lowest BCUT2D eigenvalue weighted by Gasteiger charge is -2.25. The minimum Gasteiger partial charge on any atom is -0.394 e. The minimum absolute atomic E-state index is 0.0276. The van der Waals surface area contributed by atoms with Crippen LogP contribution in [0.3, 0.4) is 0 Å². The molecule has 0 fully saturated rings. The predicted octanol–water partition coefficient (Wildman–Crippen LogP) is -2.47. The van der Waals surface area contributed by atoms with Crippen molar-refractivity contribution in [1.29, 1.82) is 0 Å². The monoisotopic (exact) mass is 219 g/mol. The number of nitrogens with two attached hydrogens (primary N) is 1. The molecule has 0 rings (SSSR count). The summed E-state index contributed by atoms with van der Waals surface area (Å²) in [6.45, 7) is 2.61. The van der Waals surface area contributed by atoms with Crippen molar-refractivity contribution >= 4 is 5.78 Å². The van der Waals surface area contributed by atoms with Crippen LogP contribution >= 0.6 is 0 Å². The second-order valence-electron chi connectivity index (χ2n) is 3.22. The Morgan fingerprint density at radius 2 is 1.87 bits per heavy atom. The summed E-state index contributed by atoms with van der Waals surface area (Å²) < 4.78 is 0. The maximum absolute atomic E-state index is 11.2. The summed E-state index contributed by atoms with van der Waals surface area (Å²) in [5, 5.41) is 36.2. The van der Waals surface area contributed by atoms with Crippen LogP contribution in [0.5, 0.6) is 0 Å². The fourth-order valence-corrected chi connectivity index (χ4v) is 1.02. The molecule has 0 unspecified atom stereocenters. The Morgan fingerprint density at radius 1 is 1.33 bits per heavy atom. The topological polar surface area (TPSA) is 124 Å². The second-order valence-corrected chi connectivity index (χ2v) is 3.22. The maximum atomic E-state index is 11.2. The van der Waals surface area contributed by atoms with E-state index in [2.05, 4.69) is 6.58 Å². The molecule has 6 nitrogen and oxygen atoms in total. The number of aliphatic hydroxyl groups excluding tert-OH is 4. The number of allylic oxidation sites excluding steroid dienone is 1. The molecule has 0 heterocycles.